The summed E-state index contributed by atoms with van der Waals surface area (Å²) in [6, 6.07) is 5.39. The molecule has 1 aliphatic rings. The van der Waals surface area contributed by atoms with E-state index in [0.717, 1.165) is 30.6 Å². The predicted octanol–water partition coefficient (Wildman–Crippen LogP) is 4.57. The molecule has 0 saturated carbocycles. The van der Waals surface area contributed by atoms with Crippen molar-refractivity contribution < 1.29 is 4.39 Å². The molecule has 0 amide bonds. The number of aryl methyl sites for hydroxylation is 1. The van der Waals surface area contributed by atoms with Crippen LogP contribution in [-0.2, 0) is 6.42 Å². The van der Waals surface area contributed by atoms with Crippen molar-refractivity contribution in [3.63, 3.8) is 0 Å². The van der Waals surface area contributed by atoms with E-state index >= 15 is 0 Å². The first-order valence-electron chi connectivity index (χ1n) is 6.60. The summed E-state index contributed by atoms with van der Waals surface area (Å²) in [5.41, 5.74) is 10.4. The number of fused-ring (bicyclic) bond motifs is 1. The molecule has 5 heteroatoms. The molecule has 0 bridgehead atoms. The Kier molecular flexibility index (Phi) is 3.53. The van der Waals surface area contributed by atoms with Gasteiger partial charge < -0.3 is 10.3 Å². The van der Waals surface area contributed by atoms with Gasteiger partial charge in [-0.25, -0.2) is 4.39 Å². The van der Waals surface area contributed by atoms with E-state index in [4.69, 9.17) is 28.9 Å². The van der Waals surface area contributed by atoms with Crippen LogP contribution < -0.4 is 5.73 Å². The molecule has 1 aromatic heterocycles. The minimum atomic E-state index is -0.576. The van der Waals surface area contributed by atoms with Gasteiger partial charge in [-0.2, -0.15) is 0 Å². The highest BCUT2D eigenvalue weighted by Gasteiger charge is 2.23. The third-order valence-corrected chi connectivity index (χ3v) is 4.43. The van der Waals surface area contributed by atoms with Crippen LogP contribution in [0.25, 0.3) is 5.69 Å². The van der Waals surface area contributed by atoms with Gasteiger partial charge in [-0.05, 0) is 49.9 Å². The van der Waals surface area contributed by atoms with Crippen LogP contribution >= 0.6 is 23.2 Å². The van der Waals surface area contributed by atoms with Gasteiger partial charge in [-0.15, -0.1) is 0 Å². The van der Waals surface area contributed by atoms with Gasteiger partial charge >= 0.3 is 0 Å². The van der Waals surface area contributed by atoms with Gasteiger partial charge in [0.2, 0.25) is 0 Å². The average Bonchev–Trinajstić information content (AvgIpc) is 2.73. The van der Waals surface area contributed by atoms with Gasteiger partial charge in [0.05, 0.1) is 10.0 Å². The van der Waals surface area contributed by atoms with Crippen LogP contribution in [0.2, 0.25) is 10.0 Å². The molecule has 2 N–H and O–H groups in total. The smallest absolute Gasteiger partial charge is 0.160 e. The molecule has 0 fully saturated rings. The Morgan fingerprint density at radius 3 is 2.55 bits per heavy atom. The van der Waals surface area contributed by atoms with Crippen molar-refractivity contribution in [1.82, 2.24) is 4.57 Å². The Balaban J connectivity index is 2.20. The van der Waals surface area contributed by atoms with Gasteiger partial charge in [-0.1, -0.05) is 23.2 Å². The zero-order chi connectivity index (χ0) is 14.4. The summed E-state index contributed by atoms with van der Waals surface area (Å²) in [4.78, 5) is 0. The first kappa shape index (κ1) is 13.9. The number of rotatable bonds is 1. The van der Waals surface area contributed by atoms with Crippen LogP contribution in [0.5, 0.6) is 0 Å². The van der Waals surface area contributed by atoms with Crippen molar-refractivity contribution in [3.05, 3.63) is 51.0 Å². The second-order valence-corrected chi connectivity index (χ2v) is 6.06. The first-order valence-corrected chi connectivity index (χ1v) is 7.36. The van der Waals surface area contributed by atoms with Crippen molar-refractivity contribution in [2.24, 2.45) is 5.73 Å². The zero-order valence-corrected chi connectivity index (χ0v) is 12.6. The maximum Gasteiger partial charge on any atom is 0.160 e. The lowest BCUT2D eigenvalue weighted by molar-refractivity contribution is 0.559. The standard InChI is InChI=1S/C15H15Cl2FN2/c1-8-5-10-13(19)3-2-4-14(10)20(8)9-6-11(16)15(18)12(17)7-9/h5-7,13H,2-4,19H2,1H3. The zero-order valence-electron chi connectivity index (χ0n) is 11.1. The molecule has 2 aromatic rings. The normalized spacial score (nSPS) is 18.1. The Bertz CT molecular complexity index is 656. The van der Waals surface area contributed by atoms with Gasteiger partial charge in [-0.3, -0.25) is 0 Å². The Morgan fingerprint density at radius 2 is 1.90 bits per heavy atom. The molecule has 1 heterocycles. The molecule has 1 aliphatic carbocycles. The maximum atomic E-state index is 13.6. The Labute approximate surface area is 127 Å². The molecule has 0 spiro atoms. The summed E-state index contributed by atoms with van der Waals surface area (Å²) < 4.78 is 15.6. The number of nitrogens with two attached hydrogens (primary N) is 1. The summed E-state index contributed by atoms with van der Waals surface area (Å²) in [6.45, 7) is 2.01. The van der Waals surface area contributed by atoms with E-state index in [1.54, 1.807) is 12.1 Å². The monoisotopic (exact) mass is 312 g/mol. The summed E-state index contributed by atoms with van der Waals surface area (Å²) in [6.07, 6.45) is 3.02. The van der Waals surface area contributed by atoms with E-state index in [9.17, 15) is 4.39 Å². The molecule has 2 nitrogen and oxygen atoms in total. The van der Waals surface area contributed by atoms with Crippen molar-refractivity contribution in [2.45, 2.75) is 32.2 Å². The average molecular weight is 313 g/mol. The Morgan fingerprint density at radius 1 is 1.25 bits per heavy atom. The van der Waals surface area contributed by atoms with Crippen LogP contribution in [0, 0.1) is 12.7 Å². The van der Waals surface area contributed by atoms with Crippen LogP contribution in [0.3, 0.4) is 0 Å². The molecule has 0 aliphatic heterocycles. The van der Waals surface area contributed by atoms with Crippen LogP contribution in [0.15, 0.2) is 18.2 Å². The highest BCUT2D eigenvalue weighted by Crippen LogP contribution is 2.35. The van der Waals surface area contributed by atoms with Crippen LogP contribution in [0.4, 0.5) is 4.39 Å². The SMILES string of the molecule is Cc1cc2c(n1-c1cc(Cl)c(F)c(Cl)c1)CCCC2N. The van der Waals surface area contributed by atoms with Gasteiger partial charge in [0, 0.05) is 23.1 Å². The summed E-state index contributed by atoms with van der Waals surface area (Å²) in [5.74, 6) is -0.576. The lowest BCUT2D eigenvalue weighted by Gasteiger charge is -2.21. The number of benzene rings is 1. The van der Waals surface area contributed by atoms with E-state index in [2.05, 4.69) is 10.6 Å². The van der Waals surface area contributed by atoms with E-state index < -0.39 is 5.82 Å². The lowest BCUT2D eigenvalue weighted by atomic mass is 9.93. The fourth-order valence-electron chi connectivity index (χ4n) is 2.97. The fraction of sp³-hybridized carbons (Fsp3) is 0.333. The molecule has 1 unspecified atom stereocenters. The highest BCUT2D eigenvalue weighted by molar-refractivity contribution is 6.35. The van der Waals surface area contributed by atoms with E-state index in [0.29, 0.717) is 0 Å². The number of nitrogens with zero attached hydrogens (tertiary/aromatic N) is 1. The maximum absolute atomic E-state index is 13.6. The number of halogens is 3. The molecule has 1 atom stereocenters. The molecular weight excluding hydrogens is 298 g/mol. The molecule has 1 aromatic carbocycles. The van der Waals surface area contributed by atoms with Crippen LogP contribution in [-0.4, -0.2) is 4.57 Å². The van der Waals surface area contributed by atoms with E-state index in [1.807, 2.05) is 6.92 Å². The van der Waals surface area contributed by atoms with E-state index in [-0.39, 0.29) is 16.1 Å². The van der Waals surface area contributed by atoms with Crippen molar-refractivity contribution in [3.8, 4) is 5.69 Å². The van der Waals surface area contributed by atoms with Crippen molar-refractivity contribution in [2.75, 3.05) is 0 Å². The first-order chi connectivity index (χ1) is 9.49. The van der Waals surface area contributed by atoms with Gasteiger partial charge in [0.25, 0.3) is 0 Å². The lowest BCUT2D eigenvalue weighted by Crippen LogP contribution is -2.18. The third-order valence-electron chi connectivity index (χ3n) is 3.88. The molecule has 106 valence electrons. The third kappa shape index (κ3) is 2.14. The topological polar surface area (TPSA) is 30.9 Å². The van der Waals surface area contributed by atoms with Crippen molar-refractivity contribution in [1.29, 1.82) is 0 Å². The number of aromatic nitrogens is 1. The summed E-state index contributed by atoms with van der Waals surface area (Å²) >= 11 is 11.8. The second-order valence-electron chi connectivity index (χ2n) is 5.25. The quantitative estimate of drug-likeness (QED) is 0.768. The molecule has 0 radical (unpaired) electrons. The Hall–Kier alpha value is -1.03. The second kappa shape index (κ2) is 5.06. The van der Waals surface area contributed by atoms with Crippen LogP contribution in [0.1, 0.15) is 35.8 Å². The largest absolute Gasteiger partial charge is 0.324 e. The van der Waals surface area contributed by atoms with Gasteiger partial charge in [0.15, 0.2) is 5.82 Å². The number of hydrogen-bond acceptors (Lipinski definition) is 1. The summed E-state index contributed by atoms with van der Waals surface area (Å²) in [7, 11) is 0. The van der Waals surface area contributed by atoms with E-state index in [1.165, 1.54) is 11.3 Å². The molecular formula is C15H15Cl2FN2. The minimum absolute atomic E-state index is 0.0365. The predicted molar refractivity (Wildman–Crippen MR) is 80.4 cm³/mol. The molecule has 20 heavy (non-hydrogen) atoms. The number of hydrogen-bond donors (Lipinski definition) is 1. The van der Waals surface area contributed by atoms with Crippen molar-refractivity contribution >= 4 is 23.2 Å². The summed E-state index contributed by atoms with van der Waals surface area (Å²) in [5, 5.41) is 0.0731. The molecule has 3 rings (SSSR count). The fourth-order valence-corrected chi connectivity index (χ4v) is 3.44. The highest BCUT2D eigenvalue weighted by atomic mass is 35.5. The molecule has 0 saturated heterocycles. The van der Waals surface area contributed by atoms with Gasteiger partial charge in [0.1, 0.15) is 0 Å². The minimum Gasteiger partial charge on any atom is -0.324 e.